The molecule has 0 fully saturated rings. The van der Waals surface area contributed by atoms with Gasteiger partial charge in [0.1, 0.15) is 0 Å². The predicted octanol–water partition coefficient (Wildman–Crippen LogP) is 2.33. The molecule has 2 rings (SSSR count). The van der Waals surface area contributed by atoms with E-state index in [1.165, 1.54) is 22.3 Å². The third-order valence-corrected chi connectivity index (χ3v) is 7.46. The standard InChI is InChI=1S/C18H23NTe/c1-13-10-14(2)18(15(3)11-13)20-17-9-7-6-8-16(17)12-19(4)5/h6-11H,12H2,1-5H3. The van der Waals surface area contributed by atoms with Gasteiger partial charge in [-0.1, -0.05) is 0 Å². The van der Waals surface area contributed by atoms with E-state index >= 15 is 0 Å². The molecule has 0 aliphatic rings. The Morgan fingerprint density at radius 1 is 0.950 bits per heavy atom. The maximum atomic E-state index is 2.32. The van der Waals surface area contributed by atoms with Crippen molar-refractivity contribution in [3.05, 3.63) is 58.7 Å². The molecule has 0 radical (unpaired) electrons. The van der Waals surface area contributed by atoms with E-state index in [0.29, 0.717) is 0 Å². The van der Waals surface area contributed by atoms with E-state index in [9.17, 15) is 0 Å². The van der Waals surface area contributed by atoms with Crippen molar-refractivity contribution in [2.45, 2.75) is 27.3 Å². The minimum absolute atomic E-state index is 0.315. The van der Waals surface area contributed by atoms with Gasteiger partial charge in [-0.25, -0.2) is 0 Å². The van der Waals surface area contributed by atoms with Crippen LogP contribution in [0.25, 0.3) is 0 Å². The van der Waals surface area contributed by atoms with Crippen LogP contribution in [0.5, 0.6) is 0 Å². The maximum absolute atomic E-state index is 2.32. The van der Waals surface area contributed by atoms with Crippen LogP contribution < -0.4 is 7.22 Å². The van der Waals surface area contributed by atoms with Crippen LogP contribution >= 0.6 is 0 Å². The molecule has 2 heteroatoms. The molecular weight excluding hydrogens is 358 g/mol. The Bertz CT molecular complexity index is 579. The number of hydrogen-bond acceptors (Lipinski definition) is 1. The van der Waals surface area contributed by atoms with Crippen molar-refractivity contribution in [1.82, 2.24) is 4.90 Å². The molecule has 0 unspecified atom stereocenters. The topological polar surface area (TPSA) is 3.24 Å². The molecule has 0 heterocycles. The van der Waals surface area contributed by atoms with E-state index in [-0.39, 0.29) is 20.9 Å². The number of benzene rings is 2. The van der Waals surface area contributed by atoms with Gasteiger partial charge < -0.3 is 0 Å². The molecule has 2 aromatic rings. The average Bonchev–Trinajstić information content (AvgIpc) is 2.34. The van der Waals surface area contributed by atoms with Crippen LogP contribution in [0.3, 0.4) is 0 Å². The summed E-state index contributed by atoms with van der Waals surface area (Å²) in [5.74, 6) is 0. The summed E-state index contributed by atoms with van der Waals surface area (Å²) in [6.45, 7) is 7.73. The van der Waals surface area contributed by atoms with Crippen molar-refractivity contribution in [1.29, 1.82) is 0 Å². The van der Waals surface area contributed by atoms with Crippen molar-refractivity contribution in [2.24, 2.45) is 0 Å². The molecule has 20 heavy (non-hydrogen) atoms. The van der Waals surface area contributed by atoms with Gasteiger partial charge in [0, 0.05) is 0 Å². The quantitative estimate of drug-likeness (QED) is 0.736. The minimum atomic E-state index is -0.315. The zero-order chi connectivity index (χ0) is 14.7. The second-order valence-electron chi connectivity index (χ2n) is 5.68. The second kappa shape index (κ2) is 6.76. The molecule has 0 atom stereocenters. The first-order valence-corrected chi connectivity index (χ1v) is 9.28. The zero-order valence-corrected chi connectivity index (χ0v) is 15.4. The number of hydrogen-bond donors (Lipinski definition) is 0. The fourth-order valence-corrected chi connectivity index (χ4v) is 5.57. The van der Waals surface area contributed by atoms with Gasteiger partial charge in [-0.05, 0) is 0 Å². The van der Waals surface area contributed by atoms with E-state index in [1.54, 1.807) is 7.22 Å². The first-order chi connectivity index (χ1) is 9.47. The molecule has 0 aromatic heterocycles. The van der Waals surface area contributed by atoms with Crippen LogP contribution in [-0.4, -0.2) is 39.9 Å². The number of nitrogens with zero attached hydrogens (tertiary/aromatic N) is 1. The third-order valence-electron chi connectivity index (χ3n) is 3.28. The van der Waals surface area contributed by atoms with Crippen molar-refractivity contribution < 1.29 is 0 Å². The summed E-state index contributed by atoms with van der Waals surface area (Å²) in [6.07, 6.45) is 0. The molecule has 0 aliphatic carbocycles. The van der Waals surface area contributed by atoms with Crippen LogP contribution in [0.15, 0.2) is 36.4 Å². The second-order valence-corrected chi connectivity index (χ2v) is 8.68. The summed E-state index contributed by atoms with van der Waals surface area (Å²) in [6, 6.07) is 13.6. The summed E-state index contributed by atoms with van der Waals surface area (Å²) in [7, 11) is 4.28. The first kappa shape index (κ1) is 15.6. The van der Waals surface area contributed by atoms with Gasteiger partial charge in [-0.3, -0.25) is 0 Å². The van der Waals surface area contributed by atoms with Gasteiger partial charge in [0.2, 0.25) is 0 Å². The molecular formula is C18H23NTe. The van der Waals surface area contributed by atoms with Crippen LogP contribution in [-0.2, 0) is 6.54 Å². The molecule has 0 N–H and O–H groups in total. The predicted molar refractivity (Wildman–Crippen MR) is 89.5 cm³/mol. The third kappa shape index (κ3) is 3.85. The van der Waals surface area contributed by atoms with Gasteiger partial charge in [0.15, 0.2) is 0 Å². The zero-order valence-electron chi connectivity index (χ0n) is 13.0. The van der Waals surface area contributed by atoms with Crippen molar-refractivity contribution >= 4 is 28.1 Å². The van der Waals surface area contributed by atoms with Crippen LogP contribution in [0.1, 0.15) is 22.3 Å². The first-order valence-electron chi connectivity index (χ1n) is 6.95. The van der Waals surface area contributed by atoms with Gasteiger partial charge >= 0.3 is 133 Å². The van der Waals surface area contributed by atoms with Gasteiger partial charge in [0.05, 0.1) is 0 Å². The Morgan fingerprint density at radius 2 is 1.55 bits per heavy atom. The summed E-state index contributed by atoms with van der Waals surface area (Å²) in [4.78, 5) is 2.25. The Morgan fingerprint density at radius 3 is 2.15 bits per heavy atom. The monoisotopic (exact) mass is 383 g/mol. The van der Waals surface area contributed by atoms with Gasteiger partial charge in [0.25, 0.3) is 0 Å². The molecule has 0 saturated carbocycles. The van der Waals surface area contributed by atoms with Crippen LogP contribution in [0.2, 0.25) is 0 Å². The normalized spacial score (nSPS) is 11.1. The van der Waals surface area contributed by atoms with E-state index in [0.717, 1.165) is 6.54 Å². The molecule has 0 bridgehead atoms. The van der Waals surface area contributed by atoms with Gasteiger partial charge in [-0.2, -0.15) is 0 Å². The van der Waals surface area contributed by atoms with Crippen LogP contribution in [0.4, 0.5) is 0 Å². The van der Waals surface area contributed by atoms with Crippen LogP contribution in [0, 0.1) is 20.8 Å². The summed E-state index contributed by atoms with van der Waals surface area (Å²) in [5.41, 5.74) is 5.78. The average molecular weight is 381 g/mol. The van der Waals surface area contributed by atoms with Crippen molar-refractivity contribution in [3.63, 3.8) is 0 Å². The number of rotatable bonds is 4. The van der Waals surface area contributed by atoms with E-state index in [4.69, 9.17) is 0 Å². The fraction of sp³-hybridized carbons (Fsp3) is 0.333. The molecule has 0 aliphatic heterocycles. The Labute approximate surface area is 133 Å². The van der Waals surface area contributed by atoms with Crippen molar-refractivity contribution in [2.75, 3.05) is 14.1 Å². The Kier molecular flexibility index (Phi) is 5.27. The van der Waals surface area contributed by atoms with E-state index in [1.807, 2.05) is 0 Å². The Hall–Kier alpha value is -0.810. The SMILES string of the molecule is Cc1cc(C)c([Te]c2ccccc2CN(C)C)c(C)c1. The summed E-state index contributed by atoms with van der Waals surface area (Å²) < 4.78 is 3.17. The Balaban J connectivity index is 2.35. The van der Waals surface area contributed by atoms with E-state index < -0.39 is 0 Å². The van der Waals surface area contributed by atoms with E-state index in [2.05, 4.69) is 76.2 Å². The summed E-state index contributed by atoms with van der Waals surface area (Å²) in [5, 5.41) is 0. The van der Waals surface area contributed by atoms with Gasteiger partial charge in [-0.15, -0.1) is 0 Å². The number of aryl methyl sites for hydroxylation is 3. The molecule has 0 amide bonds. The molecule has 0 saturated heterocycles. The summed E-state index contributed by atoms with van der Waals surface area (Å²) >= 11 is -0.315. The molecule has 106 valence electrons. The molecule has 1 nitrogen and oxygen atoms in total. The molecule has 2 aromatic carbocycles. The fourth-order valence-electron chi connectivity index (χ4n) is 2.51. The molecule has 0 spiro atoms. The van der Waals surface area contributed by atoms with Crippen molar-refractivity contribution in [3.8, 4) is 0 Å².